The summed E-state index contributed by atoms with van der Waals surface area (Å²) in [6, 6.07) is 9.17. The number of Topliss-reactive ketones (excluding diaryl/α,β-unsaturated/α-hetero) is 1. The number of carbonyl (C=O) groups excluding carboxylic acids is 3. The third-order valence-electron chi connectivity index (χ3n) is 6.51. The fourth-order valence-electron chi connectivity index (χ4n) is 5.21. The highest BCUT2D eigenvalue weighted by atomic mass is 35.5. The van der Waals surface area contributed by atoms with Gasteiger partial charge in [-0.05, 0) is 43.3 Å². The van der Waals surface area contributed by atoms with Gasteiger partial charge in [-0.3, -0.25) is 14.4 Å². The smallest absolute Gasteiger partial charge is 0.240 e. The van der Waals surface area contributed by atoms with E-state index >= 15 is 0 Å². The SMILES string of the molecule is COc1ccc2c(c1)C=C[C@@H]1[C@H]3C(=O)N(c4cc(Cl)ccc4OC)C(=O)[C@@H]3[C@H](C(C)=O)N21. The second-order valence-electron chi connectivity index (χ2n) is 8.12. The summed E-state index contributed by atoms with van der Waals surface area (Å²) >= 11 is 6.15. The minimum Gasteiger partial charge on any atom is -0.497 e. The number of carbonyl (C=O) groups is 3. The molecule has 0 N–H and O–H groups in total. The van der Waals surface area contributed by atoms with Crippen molar-refractivity contribution in [1.82, 2.24) is 0 Å². The normalized spacial score (nSPS) is 25.5. The van der Waals surface area contributed by atoms with E-state index < -0.39 is 29.8 Å². The molecule has 164 valence electrons. The maximum Gasteiger partial charge on any atom is 0.240 e. The van der Waals surface area contributed by atoms with Crippen LogP contribution < -0.4 is 19.3 Å². The van der Waals surface area contributed by atoms with E-state index in [9.17, 15) is 14.4 Å². The summed E-state index contributed by atoms with van der Waals surface area (Å²) < 4.78 is 10.7. The Morgan fingerprint density at radius 2 is 1.72 bits per heavy atom. The van der Waals surface area contributed by atoms with Gasteiger partial charge >= 0.3 is 0 Å². The van der Waals surface area contributed by atoms with Crippen LogP contribution in [0.15, 0.2) is 42.5 Å². The molecule has 2 fully saturated rings. The van der Waals surface area contributed by atoms with Crippen LogP contribution in [0.5, 0.6) is 11.5 Å². The molecule has 0 spiro atoms. The van der Waals surface area contributed by atoms with Gasteiger partial charge in [-0.15, -0.1) is 0 Å². The van der Waals surface area contributed by atoms with Crippen LogP contribution in [-0.4, -0.2) is 43.9 Å². The number of hydrogen-bond donors (Lipinski definition) is 0. The van der Waals surface area contributed by atoms with Crippen molar-refractivity contribution in [3.05, 3.63) is 53.1 Å². The van der Waals surface area contributed by atoms with Crippen molar-refractivity contribution >= 4 is 46.6 Å². The van der Waals surface area contributed by atoms with E-state index in [1.807, 2.05) is 35.3 Å². The summed E-state index contributed by atoms with van der Waals surface area (Å²) in [6.07, 6.45) is 3.81. The highest BCUT2D eigenvalue weighted by Crippen LogP contribution is 2.50. The van der Waals surface area contributed by atoms with Gasteiger partial charge in [0.05, 0.1) is 37.8 Å². The average Bonchev–Trinajstić information content (AvgIpc) is 3.26. The molecule has 0 aliphatic carbocycles. The van der Waals surface area contributed by atoms with Gasteiger partial charge in [0.25, 0.3) is 0 Å². The number of benzene rings is 2. The lowest BCUT2D eigenvalue weighted by atomic mass is 9.88. The van der Waals surface area contributed by atoms with Gasteiger partial charge in [-0.1, -0.05) is 23.8 Å². The Morgan fingerprint density at radius 3 is 2.41 bits per heavy atom. The Balaban J connectivity index is 1.62. The molecule has 2 amide bonds. The molecule has 3 aliphatic heterocycles. The monoisotopic (exact) mass is 452 g/mol. The summed E-state index contributed by atoms with van der Waals surface area (Å²) in [6.45, 7) is 1.46. The number of nitrogens with zero attached hydrogens (tertiary/aromatic N) is 2. The lowest BCUT2D eigenvalue weighted by Gasteiger charge is -2.36. The van der Waals surface area contributed by atoms with Crippen LogP contribution in [-0.2, 0) is 14.4 Å². The van der Waals surface area contributed by atoms with E-state index in [1.54, 1.807) is 19.2 Å². The van der Waals surface area contributed by atoms with Crippen LogP contribution in [0.2, 0.25) is 5.02 Å². The molecule has 0 saturated carbocycles. The maximum atomic E-state index is 13.6. The largest absolute Gasteiger partial charge is 0.497 e. The van der Waals surface area contributed by atoms with E-state index in [4.69, 9.17) is 21.1 Å². The van der Waals surface area contributed by atoms with E-state index in [0.717, 1.165) is 16.2 Å². The summed E-state index contributed by atoms with van der Waals surface area (Å²) in [5, 5.41) is 0.378. The number of imide groups is 1. The van der Waals surface area contributed by atoms with Crippen LogP contribution in [0.1, 0.15) is 12.5 Å². The molecular formula is C24H21ClN2O5. The Hall–Kier alpha value is -3.32. The molecule has 2 aromatic carbocycles. The van der Waals surface area contributed by atoms with Crippen molar-refractivity contribution in [1.29, 1.82) is 0 Å². The van der Waals surface area contributed by atoms with E-state index in [0.29, 0.717) is 22.2 Å². The number of ether oxygens (including phenoxy) is 2. The number of hydrogen-bond acceptors (Lipinski definition) is 6. The number of amides is 2. The zero-order valence-electron chi connectivity index (χ0n) is 17.7. The summed E-state index contributed by atoms with van der Waals surface area (Å²) in [5.41, 5.74) is 1.98. The molecular weight excluding hydrogens is 432 g/mol. The van der Waals surface area contributed by atoms with E-state index in [1.165, 1.54) is 20.1 Å². The number of methoxy groups -OCH3 is 2. The standard InChI is InChI=1S/C24H21ClN2O5/c1-12(28)22-21-20(17-7-4-13-10-15(31-2)6-8-16(13)26(17)22)23(29)27(24(21)30)18-11-14(25)5-9-19(18)32-3/h4-11,17,20-22H,1-3H3/t17-,20-,21+,22+/m1/s1. The predicted octanol–water partition coefficient (Wildman–Crippen LogP) is 3.34. The minimum atomic E-state index is -0.800. The molecule has 2 aromatic rings. The molecule has 0 bridgehead atoms. The molecule has 4 atom stereocenters. The van der Waals surface area contributed by atoms with Crippen LogP contribution in [0, 0.1) is 11.8 Å². The molecule has 2 saturated heterocycles. The quantitative estimate of drug-likeness (QED) is 0.662. The number of anilines is 2. The Labute approximate surface area is 190 Å². The fraction of sp³-hybridized carbons (Fsp3) is 0.292. The summed E-state index contributed by atoms with van der Waals surface area (Å²) in [7, 11) is 3.06. The molecule has 5 rings (SSSR count). The number of rotatable bonds is 4. The number of fused-ring (bicyclic) bond motifs is 5. The van der Waals surface area contributed by atoms with Gasteiger partial charge < -0.3 is 14.4 Å². The number of halogens is 1. The van der Waals surface area contributed by atoms with Crippen molar-refractivity contribution in [3.63, 3.8) is 0 Å². The Morgan fingerprint density at radius 1 is 0.969 bits per heavy atom. The van der Waals surface area contributed by atoms with Gasteiger partial charge in [0.15, 0.2) is 5.78 Å². The van der Waals surface area contributed by atoms with Crippen LogP contribution in [0.3, 0.4) is 0 Å². The first-order valence-electron chi connectivity index (χ1n) is 10.2. The minimum absolute atomic E-state index is 0.166. The topological polar surface area (TPSA) is 76.1 Å². The zero-order chi connectivity index (χ0) is 22.7. The van der Waals surface area contributed by atoms with Crippen molar-refractivity contribution in [2.75, 3.05) is 24.0 Å². The number of ketones is 1. The first-order chi connectivity index (χ1) is 15.4. The molecule has 32 heavy (non-hydrogen) atoms. The van der Waals surface area contributed by atoms with Crippen LogP contribution >= 0.6 is 11.6 Å². The molecule has 8 heteroatoms. The van der Waals surface area contributed by atoms with E-state index in [-0.39, 0.29) is 11.7 Å². The van der Waals surface area contributed by atoms with Gasteiger partial charge in [-0.25, -0.2) is 4.90 Å². The van der Waals surface area contributed by atoms with Gasteiger partial charge in [0, 0.05) is 16.3 Å². The van der Waals surface area contributed by atoms with Crippen molar-refractivity contribution in [2.24, 2.45) is 11.8 Å². The lowest BCUT2D eigenvalue weighted by molar-refractivity contribution is -0.126. The van der Waals surface area contributed by atoms with Gasteiger partial charge in [0.1, 0.15) is 17.5 Å². The average molecular weight is 453 g/mol. The van der Waals surface area contributed by atoms with Crippen molar-refractivity contribution in [2.45, 2.75) is 19.0 Å². The molecule has 0 aromatic heterocycles. The highest BCUT2D eigenvalue weighted by molar-refractivity contribution is 6.32. The van der Waals surface area contributed by atoms with E-state index in [2.05, 4.69) is 0 Å². The van der Waals surface area contributed by atoms with Crippen molar-refractivity contribution < 1.29 is 23.9 Å². The zero-order valence-corrected chi connectivity index (χ0v) is 18.5. The molecule has 0 radical (unpaired) electrons. The maximum absolute atomic E-state index is 13.6. The molecule has 3 heterocycles. The van der Waals surface area contributed by atoms with Gasteiger partial charge in [-0.2, -0.15) is 0 Å². The summed E-state index contributed by atoms with van der Waals surface area (Å²) in [4.78, 5) is 43.1. The first kappa shape index (κ1) is 20.6. The lowest BCUT2D eigenvalue weighted by Crippen LogP contribution is -2.48. The third-order valence-corrected chi connectivity index (χ3v) is 6.75. The molecule has 0 unspecified atom stereocenters. The first-order valence-corrected chi connectivity index (χ1v) is 10.6. The second-order valence-corrected chi connectivity index (χ2v) is 8.55. The fourth-order valence-corrected chi connectivity index (χ4v) is 5.38. The summed E-state index contributed by atoms with van der Waals surface area (Å²) in [5.74, 6) is -1.38. The Kier molecular flexibility index (Phi) is 4.74. The predicted molar refractivity (Wildman–Crippen MR) is 120 cm³/mol. The third kappa shape index (κ3) is 2.77. The highest BCUT2D eigenvalue weighted by Gasteiger charge is 2.64. The second kappa shape index (κ2) is 7.38. The molecule has 7 nitrogen and oxygen atoms in total. The van der Waals surface area contributed by atoms with Crippen LogP contribution in [0.25, 0.3) is 6.08 Å². The molecule has 3 aliphatic rings. The van der Waals surface area contributed by atoms with Crippen LogP contribution in [0.4, 0.5) is 11.4 Å². The van der Waals surface area contributed by atoms with Gasteiger partial charge in [0.2, 0.25) is 11.8 Å². The Bertz CT molecular complexity index is 1190. The van der Waals surface area contributed by atoms with Crippen molar-refractivity contribution in [3.8, 4) is 11.5 Å².